The summed E-state index contributed by atoms with van der Waals surface area (Å²) in [5.74, 6) is 2.40. The van der Waals surface area contributed by atoms with Crippen molar-refractivity contribution in [2.45, 2.75) is 18.9 Å². The largest absolute Gasteiger partial charge is 0.365 e. The van der Waals surface area contributed by atoms with Gasteiger partial charge in [-0.25, -0.2) is 4.98 Å². The van der Waals surface area contributed by atoms with Crippen LogP contribution in [0.5, 0.6) is 0 Å². The molecule has 2 unspecified atom stereocenters. The van der Waals surface area contributed by atoms with E-state index in [-0.39, 0.29) is 0 Å². The van der Waals surface area contributed by atoms with Crippen LogP contribution in [0.25, 0.3) is 0 Å². The molecule has 0 spiro atoms. The molecule has 0 N–H and O–H groups in total. The Hall–Kier alpha value is -2.81. The molecule has 2 atom stereocenters. The highest BCUT2D eigenvalue weighted by Gasteiger charge is 2.39. The van der Waals surface area contributed by atoms with Crippen LogP contribution in [0.4, 0.5) is 17.5 Å². The highest BCUT2D eigenvalue weighted by atomic mass is 15.3. The third kappa shape index (κ3) is 2.94. The maximum Gasteiger partial charge on any atom is 0.227 e. The molecule has 2 aliphatic rings. The Morgan fingerprint density at radius 2 is 1.96 bits per heavy atom. The summed E-state index contributed by atoms with van der Waals surface area (Å²) in [6, 6.07) is 12.6. The molecule has 0 bridgehead atoms. The van der Waals surface area contributed by atoms with Crippen molar-refractivity contribution in [2.75, 3.05) is 48.4 Å². The highest BCUT2D eigenvalue weighted by Crippen LogP contribution is 2.37. The van der Waals surface area contributed by atoms with Crippen LogP contribution in [0.1, 0.15) is 18.4 Å². The van der Waals surface area contributed by atoms with Crippen molar-refractivity contribution in [1.29, 1.82) is 5.26 Å². The molecule has 2 aliphatic heterocycles. The number of para-hydroxylation sites is 1. The van der Waals surface area contributed by atoms with E-state index in [1.54, 1.807) is 0 Å². The summed E-state index contributed by atoms with van der Waals surface area (Å²) >= 11 is 0. The molecule has 6 nitrogen and oxygen atoms in total. The number of hydrogen-bond acceptors (Lipinski definition) is 6. The van der Waals surface area contributed by atoms with Gasteiger partial charge in [0.1, 0.15) is 11.9 Å². The van der Waals surface area contributed by atoms with Gasteiger partial charge in [0.15, 0.2) is 0 Å². The molecule has 2 aromatic rings. The molecule has 3 heterocycles. The zero-order chi connectivity index (χ0) is 18.1. The van der Waals surface area contributed by atoms with E-state index >= 15 is 0 Å². The van der Waals surface area contributed by atoms with Gasteiger partial charge >= 0.3 is 0 Å². The van der Waals surface area contributed by atoms with E-state index in [0.717, 1.165) is 49.1 Å². The Balaban J connectivity index is 1.59. The van der Waals surface area contributed by atoms with Gasteiger partial charge in [-0.05, 0) is 37.0 Å². The number of nitrogens with zero attached hydrogens (tertiary/aromatic N) is 6. The fourth-order valence-electron chi connectivity index (χ4n) is 4.18. The summed E-state index contributed by atoms with van der Waals surface area (Å²) in [4.78, 5) is 15.9. The van der Waals surface area contributed by atoms with E-state index in [9.17, 15) is 5.26 Å². The van der Waals surface area contributed by atoms with Crippen molar-refractivity contribution >= 4 is 17.5 Å². The third-order valence-corrected chi connectivity index (χ3v) is 5.57. The molecule has 1 aromatic heterocycles. The highest BCUT2D eigenvalue weighted by molar-refractivity contribution is 5.61. The molecular formula is C20H24N6. The number of rotatable bonds is 3. The number of anilines is 3. The maximum atomic E-state index is 9.48. The van der Waals surface area contributed by atoms with Crippen molar-refractivity contribution in [1.82, 2.24) is 9.97 Å². The standard InChI is InChI=1S/C20H24N6/c1-24(2)19-7-10-22-20(23-19)25-11-8-15-9-12-26(18(15)14-25)17-6-4-3-5-16(17)13-21/h3-7,10,15,18H,8-9,11-12,14H2,1-2H3. The summed E-state index contributed by atoms with van der Waals surface area (Å²) in [7, 11) is 3.99. The van der Waals surface area contributed by atoms with E-state index in [2.05, 4.69) is 26.9 Å². The summed E-state index contributed by atoms with van der Waals surface area (Å²) in [6.07, 6.45) is 4.17. The number of fused-ring (bicyclic) bond motifs is 1. The molecule has 2 saturated heterocycles. The summed E-state index contributed by atoms with van der Waals surface area (Å²) in [6.45, 7) is 2.91. The van der Waals surface area contributed by atoms with Gasteiger partial charge in [-0.15, -0.1) is 0 Å². The molecule has 0 radical (unpaired) electrons. The normalized spacial score (nSPS) is 22.0. The SMILES string of the molecule is CN(C)c1ccnc(N2CCC3CCN(c4ccccc4C#N)C3C2)n1. The first-order chi connectivity index (χ1) is 12.7. The second-order valence-corrected chi connectivity index (χ2v) is 7.28. The van der Waals surface area contributed by atoms with Crippen LogP contribution in [0.15, 0.2) is 36.5 Å². The van der Waals surface area contributed by atoms with E-state index in [1.165, 1.54) is 6.42 Å². The summed E-state index contributed by atoms with van der Waals surface area (Å²) < 4.78 is 0. The van der Waals surface area contributed by atoms with Crippen LogP contribution >= 0.6 is 0 Å². The molecule has 4 rings (SSSR count). The van der Waals surface area contributed by atoms with Crippen molar-refractivity contribution in [3.8, 4) is 6.07 Å². The van der Waals surface area contributed by atoms with E-state index in [4.69, 9.17) is 4.98 Å². The lowest BCUT2D eigenvalue weighted by molar-refractivity contribution is 0.387. The van der Waals surface area contributed by atoms with Crippen LogP contribution in [0, 0.1) is 17.2 Å². The van der Waals surface area contributed by atoms with Gasteiger partial charge < -0.3 is 14.7 Å². The van der Waals surface area contributed by atoms with Crippen LogP contribution in [0.3, 0.4) is 0 Å². The van der Waals surface area contributed by atoms with Gasteiger partial charge in [-0.3, -0.25) is 0 Å². The van der Waals surface area contributed by atoms with Gasteiger partial charge in [-0.2, -0.15) is 10.2 Å². The monoisotopic (exact) mass is 348 g/mol. The van der Waals surface area contributed by atoms with Gasteiger partial charge in [0.25, 0.3) is 0 Å². The van der Waals surface area contributed by atoms with Gasteiger partial charge in [0.05, 0.1) is 11.3 Å². The molecule has 0 aliphatic carbocycles. The summed E-state index contributed by atoms with van der Waals surface area (Å²) in [5, 5.41) is 9.48. The lowest BCUT2D eigenvalue weighted by atomic mass is 9.92. The topological polar surface area (TPSA) is 59.3 Å². The Bertz CT molecular complexity index is 827. The second kappa shape index (κ2) is 6.83. The van der Waals surface area contributed by atoms with Crippen LogP contribution in [-0.4, -0.2) is 49.7 Å². The molecule has 0 amide bonds. The minimum atomic E-state index is 0.407. The van der Waals surface area contributed by atoms with Crippen LogP contribution in [-0.2, 0) is 0 Å². The van der Waals surface area contributed by atoms with E-state index < -0.39 is 0 Å². The molecular weight excluding hydrogens is 324 g/mol. The Morgan fingerprint density at radius 3 is 2.77 bits per heavy atom. The van der Waals surface area contributed by atoms with Crippen molar-refractivity contribution in [2.24, 2.45) is 5.92 Å². The number of aromatic nitrogens is 2. The third-order valence-electron chi connectivity index (χ3n) is 5.57. The van der Waals surface area contributed by atoms with Crippen molar-refractivity contribution in [3.63, 3.8) is 0 Å². The molecule has 1 aromatic carbocycles. The average molecular weight is 348 g/mol. The second-order valence-electron chi connectivity index (χ2n) is 7.28. The molecule has 2 fully saturated rings. The van der Waals surface area contributed by atoms with Crippen LogP contribution < -0.4 is 14.7 Å². The smallest absolute Gasteiger partial charge is 0.227 e. The quantitative estimate of drug-likeness (QED) is 0.849. The van der Waals surface area contributed by atoms with E-state index in [0.29, 0.717) is 12.0 Å². The predicted octanol–water partition coefficient (Wildman–Crippen LogP) is 2.52. The minimum absolute atomic E-state index is 0.407. The van der Waals surface area contributed by atoms with Crippen LogP contribution in [0.2, 0.25) is 0 Å². The first kappa shape index (κ1) is 16.6. The fourth-order valence-corrected chi connectivity index (χ4v) is 4.18. The average Bonchev–Trinajstić information content (AvgIpc) is 3.11. The fraction of sp³-hybridized carbons (Fsp3) is 0.450. The molecule has 0 saturated carbocycles. The Morgan fingerprint density at radius 1 is 1.15 bits per heavy atom. The minimum Gasteiger partial charge on any atom is -0.365 e. The van der Waals surface area contributed by atoms with Crippen molar-refractivity contribution < 1.29 is 0 Å². The summed E-state index contributed by atoms with van der Waals surface area (Å²) in [5.41, 5.74) is 1.82. The lowest BCUT2D eigenvalue weighted by Crippen LogP contribution is -2.49. The lowest BCUT2D eigenvalue weighted by Gasteiger charge is -2.39. The number of piperidine rings is 1. The van der Waals surface area contributed by atoms with E-state index in [1.807, 2.05) is 49.5 Å². The van der Waals surface area contributed by atoms with Crippen molar-refractivity contribution in [3.05, 3.63) is 42.1 Å². The zero-order valence-electron chi connectivity index (χ0n) is 15.3. The number of nitriles is 1. The zero-order valence-corrected chi connectivity index (χ0v) is 15.3. The predicted molar refractivity (Wildman–Crippen MR) is 104 cm³/mol. The van der Waals surface area contributed by atoms with Gasteiger partial charge in [-0.1, -0.05) is 12.1 Å². The number of hydrogen-bond donors (Lipinski definition) is 0. The first-order valence-electron chi connectivity index (χ1n) is 9.18. The number of benzene rings is 1. The molecule has 134 valence electrons. The molecule has 26 heavy (non-hydrogen) atoms. The molecule has 6 heteroatoms. The first-order valence-corrected chi connectivity index (χ1v) is 9.18. The Labute approximate surface area is 154 Å². The van der Waals surface area contributed by atoms with Gasteiger partial charge in [0.2, 0.25) is 5.95 Å². The Kier molecular flexibility index (Phi) is 4.37. The van der Waals surface area contributed by atoms with Gasteiger partial charge in [0, 0.05) is 46.0 Å². The maximum absolute atomic E-state index is 9.48.